The van der Waals surface area contributed by atoms with Crippen LogP contribution >= 0.6 is 0 Å². The Hall–Kier alpha value is -0.0400. The van der Waals surface area contributed by atoms with Crippen molar-refractivity contribution in [1.29, 1.82) is 0 Å². The Morgan fingerprint density at radius 1 is 0.850 bits per heavy atom. The van der Waals surface area contributed by atoms with Crippen molar-refractivity contribution in [3.8, 4) is 0 Å². The van der Waals surface area contributed by atoms with Gasteiger partial charge in [0.1, 0.15) is 0 Å². The van der Waals surface area contributed by atoms with Gasteiger partial charge in [-0.05, 0) is 92.3 Å². The van der Waals surface area contributed by atoms with Crippen molar-refractivity contribution in [3.63, 3.8) is 0 Å². The summed E-state index contributed by atoms with van der Waals surface area (Å²) in [7, 11) is 0. The van der Waals surface area contributed by atoms with Crippen LogP contribution in [0.2, 0.25) is 0 Å². The molecule has 114 valence electrons. The first kappa shape index (κ1) is 13.6. The summed E-state index contributed by atoms with van der Waals surface area (Å²) in [5.41, 5.74) is 1.25. The molecule has 0 spiro atoms. The third-order valence-electron chi connectivity index (χ3n) is 8.42. The van der Waals surface area contributed by atoms with Crippen LogP contribution in [0.3, 0.4) is 0 Å². The molecule has 0 radical (unpaired) electrons. The largest absolute Gasteiger partial charge is 0.393 e. The van der Waals surface area contributed by atoms with E-state index in [4.69, 9.17) is 0 Å². The van der Waals surface area contributed by atoms with Crippen molar-refractivity contribution >= 4 is 0 Å². The monoisotopic (exact) mass is 276 g/mol. The Morgan fingerprint density at radius 3 is 2.55 bits per heavy atom. The summed E-state index contributed by atoms with van der Waals surface area (Å²) >= 11 is 0. The SMILES string of the molecule is CC12CCCC1C1CCC3CC(O)CC[C@]3(C)C1CC2. The van der Waals surface area contributed by atoms with Crippen LogP contribution in [0.15, 0.2) is 0 Å². The van der Waals surface area contributed by atoms with Gasteiger partial charge in [0.2, 0.25) is 0 Å². The lowest BCUT2D eigenvalue weighted by Crippen LogP contribution is -2.53. The fourth-order valence-electron chi connectivity index (χ4n) is 7.23. The minimum absolute atomic E-state index is 0.00459. The van der Waals surface area contributed by atoms with Crippen LogP contribution in [0.5, 0.6) is 0 Å². The highest BCUT2D eigenvalue weighted by Gasteiger charge is 2.57. The maximum atomic E-state index is 10.0. The molecule has 0 heterocycles. The molecule has 6 unspecified atom stereocenters. The van der Waals surface area contributed by atoms with E-state index in [-0.39, 0.29) is 6.10 Å². The lowest BCUT2D eigenvalue weighted by atomic mass is 9.45. The predicted molar refractivity (Wildman–Crippen MR) is 82.4 cm³/mol. The first-order valence-electron chi connectivity index (χ1n) is 9.21. The van der Waals surface area contributed by atoms with E-state index in [1.807, 2.05) is 0 Å². The van der Waals surface area contributed by atoms with Gasteiger partial charge < -0.3 is 5.11 Å². The number of aliphatic hydroxyl groups is 1. The molecule has 0 amide bonds. The second kappa shape index (κ2) is 4.48. The zero-order valence-electron chi connectivity index (χ0n) is 13.4. The predicted octanol–water partition coefficient (Wildman–Crippen LogP) is 4.78. The van der Waals surface area contributed by atoms with Gasteiger partial charge in [-0.25, -0.2) is 0 Å². The van der Waals surface area contributed by atoms with Crippen molar-refractivity contribution in [1.82, 2.24) is 0 Å². The highest BCUT2D eigenvalue weighted by molar-refractivity contribution is 5.07. The number of aliphatic hydroxyl groups excluding tert-OH is 1. The van der Waals surface area contributed by atoms with Gasteiger partial charge in [0.25, 0.3) is 0 Å². The van der Waals surface area contributed by atoms with Crippen LogP contribution in [0, 0.1) is 34.5 Å². The molecule has 1 nitrogen and oxygen atoms in total. The van der Waals surface area contributed by atoms with Crippen LogP contribution in [-0.2, 0) is 0 Å². The van der Waals surface area contributed by atoms with Crippen LogP contribution in [0.25, 0.3) is 0 Å². The molecule has 0 aromatic heterocycles. The van der Waals surface area contributed by atoms with Crippen LogP contribution < -0.4 is 0 Å². The summed E-state index contributed by atoms with van der Waals surface area (Å²) < 4.78 is 0. The number of hydrogen-bond acceptors (Lipinski definition) is 1. The van der Waals surface area contributed by atoms with Crippen molar-refractivity contribution in [2.24, 2.45) is 34.5 Å². The van der Waals surface area contributed by atoms with Gasteiger partial charge in [-0.1, -0.05) is 20.3 Å². The molecule has 4 aliphatic carbocycles. The molecule has 4 fully saturated rings. The van der Waals surface area contributed by atoms with Crippen molar-refractivity contribution < 1.29 is 5.11 Å². The maximum absolute atomic E-state index is 10.0. The van der Waals surface area contributed by atoms with E-state index in [1.165, 1.54) is 51.4 Å². The molecule has 1 N–H and O–H groups in total. The first-order valence-corrected chi connectivity index (χ1v) is 9.21. The first-order chi connectivity index (χ1) is 9.53. The lowest BCUT2D eigenvalue weighted by molar-refractivity contribution is -0.120. The molecule has 4 saturated carbocycles. The quantitative estimate of drug-likeness (QED) is 0.675. The van der Waals surface area contributed by atoms with E-state index in [0.717, 1.165) is 36.5 Å². The molecule has 0 aliphatic heterocycles. The third kappa shape index (κ3) is 1.77. The van der Waals surface area contributed by atoms with Crippen molar-refractivity contribution in [3.05, 3.63) is 0 Å². The second-order valence-electron chi connectivity index (χ2n) is 9.17. The molecule has 4 rings (SSSR count). The molecule has 20 heavy (non-hydrogen) atoms. The standard InChI is InChI=1S/C19H32O/c1-18-9-3-4-16(18)15-6-5-13-12-14(20)7-11-19(13,2)17(15)8-10-18/h13-17,20H,3-12H2,1-2H3/t13?,14?,15?,16?,17?,18?,19-/m0/s1. The summed E-state index contributed by atoms with van der Waals surface area (Å²) in [5, 5.41) is 10.0. The molecule has 0 aromatic carbocycles. The van der Waals surface area contributed by atoms with Crippen molar-refractivity contribution in [2.45, 2.75) is 84.2 Å². The van der Waals surface area contributed by atoms with E-state index in [9.17, 15) is 5.11 Å². The molecule has 1 heteroatoms. The smallest absolute Gasteiger partial charge is 0.0543 e. The van der Waals surface area contributed by atoms with Gasteiger partial charge in [0.05, 0.1) is 6.10 Å². The normalized spacial score (nSPS) is 58.6. The Morgan fingerprint density at radius 2 is 1.70 bits per heavy atom. The van der Waals surface area contributed by atoms with Gasteiger partial charge in [0, 0.05) is 0 Å². The van der Waals surface area contributed by atoms with Gasteiger partial charge >= 0.3 is 0 Å². The molecular weight excluding hydrogens is 244 g/mol. The van der Waals surface area contributed by atoms with Crippen LogP contribution in [0.4, 0.5) is 0 Å². The molecule has 0 saturated heterocycles. The Labute approximate surface area is 124 Å². The molecular formula is C19H32O. The molecule has 0 bridgehead atoms. The second-order valence-corrected chi connectivity index (χ2v) is 9.17. The molecule has 0 aromatic rings. The van der Waals surface area contributed by atoms with E-state index in [0.29, 0.717) is 10.8 Å². The maximum Gasteiger partial charge on any atom is 0.0543 e. The van der Waals surface area contributed by atoms with Gasteiger partial charge in [-0.2, -0.15) is 0 Å². The Balaban J connectivity index is 1.62. The highest BCUT2D eigenvalue weighted by atomic mass is 16.3. The van der Waals surface area contributed by atoms with Crippen molar-refractivity contribution in [2.75, 3.05) is 0 Å². The Bertz CT molecular complexity index is 391. The van der Waals surface area contributed by atoms with E-state index >= 15 is 0 Å². The number of rotatable bonds is 0. The van der Waals surface area contributed by atoms with Crippen LogP contribution in [-0.4, -0.2) is 11.2 Å². The number of fused-ring (bicyclic) bond motifs is 5. The fraction of sp³-hybridized carbons (Fsp3) is 1.00. The average molecular weight is 276 g/mol. The van der Waals surface area contributed by atoms with Gasteiger partial charge in [-0.3, -0.25) is 0 Å². The highest BCUT2D eigenvalue weighted by Crippen LogP contribution is 2.66. The van der Waals surface area contributed by atoms with E-state index < -0.39 is 0 Å². The molecule has 7 atom stereocenters. The van der Waals surface area contributed by atoms with E-state index in [2.05, 4.69) is 13.8 Å². The van der Waals surface area contributed by atoms with Crippen LogP contribution in [0.1, 0.15) is 78.1 Å². The zero-order valence-corrected chi connectivity index (χ0v) is 13.4. The topological polar surface area (TPSA) is 20.2 Å². The fourth-order valence-corrected chi connectivity index (χ4v) is 7.23. The summed E-state index contributed by atoms with van der Waals surface area (Å²) in [5.74, 6) is 3.85. The molecule has 4 aliphatic rings. The summed E-state index contributed by atoms with van der Waals surface area (Å²) in [6.07, 6.45) is 13.8. The van der Waals surface area contributed by atoms with Gasteiger partial charge in [0.15, 0.2) is 0 Å². The Kier molecular flexibility index (Phi) is 3.05. The zero-order chi connectivity index (χ0) is 14.0. The number of hydrogen-bond donors (Lipinski definition) is 1. The average Bonchev–Trinajstić information content (AvgIpc) is 2.81. The minimum Gasteiger partial charge on any atom is -0.393 e. The van der Waals surface area contributed by atoms with E-state index in [1.54, 1.807) is 0 Å². The summed E-state index contributed by atoms with van der Waals surface area (Å²) in [6.45, 7) is 5.19. The lowest BCUT2D eigenvalue weighted by Gasteiger charge is -2.60. The summed E-state index contributed by atoms with van der Waals surface area (Å²) in [6, 6.07) is 0. The third-order valence-corrected chi connectivity index (χ3v) is 8.42. The van der Waals surface area contributed by atoms with Gasteiger partial charge in [-0.15, -0.1) is 0 Å². The summed E-state index contributed by atoms with van der Waals surface area (Å²) in [4.78, 5) is 0. The minimum atomic E-state index is 0.00459.